The summed E-state index contributed by atoms with van der Waals surface area (Å²) in [6.07, 6.45) is 3.33. The maximum absolute atomic E-state index is 12.3. The summed E-state index contributed by atoms with van der Waals surface area (Å²) in [6.45, 7) is 3.87. The highest BCUT2D eigenvalue weighted by molar-refractivity contribution is 5.89. The normalized spacial score (nSPS) is 16.5. The zero-order valence-corrected chi connectivity index (χ0v) is 12.3. The van der Waals surface area contributed by atoms with E-state index >= 15 is 0 Å². The van der Waals surface area contributed by atoms with E-state index in [1.54, 1.807) is 24.3 Å². The monoisotopic (exact) mass is 290 g/mol. The Hall–Kier alpha value is -1.88. The summed E-state index contributed by atoms with van der Waals surface area (Å²) in [7, 11) is 0. The smallest absolute Gasteiger partial charge is 0.336 e. The van der Waals surface area contributed by atoms with Crippen LogP contribution in [0, 0.1) is 0 Å². The lowest BCUT2D eigenvalue weighted by Gasteiger charge is -2.29. The van der Waals surface area contributed by atoms with Crippen molar-refractivity contribution >= 4 is 11.9 Å². The number of rotatable bonds is 5. The summed E-state index contributed by atoms with van der Waals surface area (Å²) in [5.74, 6) is -0.843. The van der Waals surface area contributed by atoms with Gasteiger partial charge in [-0.25, -0.2) is 4.79 Å². The van der Waals surface area contributed by atoms with Crippen molar-refractivity contribution in [1.29, 1.82) is 0 Å². The number of carbonyl (C=O) groups is 2. The van der Waals surface area contributed by atoms with Gasteiger partial charge in [0, 0.05) is 19.6 Å². The molecule has 1 atom stereocenters. The van der Waals surface area contributed by atoms with Crippen molar-refractivity contribution in [3.05, 3.63) is 35.4 Å². The van der Waals surface area contributed by atoms with Gasteiger partial charge in [-0.2, -0.15) is 0 Å². The molecule has 2 N–H and O–H groups in total. The van der Waals surface area contributed by atoms with Gasteiger partial charge in [0.2, 0.25) is 5.91 Å². The first-order valence-corrected chi connectivity index (χ1v) is 7.43. The van der Waals surface area contributed by atoms with Gasteiger partial charge in [0.1, 0.15) is 0 Å². The van der Waals surface area contributed by atoms with E-state index in [9.17, 15) is 9.59 Å². The Labute approximate surface area is 125 Å². The van der Waals surface area contributed by atoms with Gasteiger partial charge in [0.15, 0.2) is 0 Å². The number of nitrogens with one attached hydrogen (secondary N) is 1. The maximum Gasteiger partial charge on any atom is 0.336 e. The fraction of sp³-hybridized carbons (Fsp3) is 0.500. The molecule has 0 aliphatic carbocycles. The standard InChI is InChI=1S/C16H22N2O3/c1-12(15(19)18-9-5-2-6-10-18)17-11-13-7-3-4-8-14(13)16(20)21/h3-4,7-8,12,17H,2,5-6,9-11H2,1H3,(H,20,21). The second kappa shape index (κ2) is 7.22. The molecule has 0 radical (unpaired) electrons. The van der Waals surface area contributed by atoms with Crippen molar-refractivity contribution in [2.75, 3.05) is 13.1 Å². The van der Waals surface area contributed by atoms with E-state index in [0.29, 0.717) is 12.1 Å². The molecule has 1 heterocycles. The molecule has 1 unspecified atom stereocenters. The second-order valence-corrected chi connectivity index (χ2v) is 5.45. The number of amides is 1. The third kappa shape index (κ3) is 4.04. The molecule has 0 aromatic heterocycles. The summed E-state index contributed by atoms with van der Waals surface area (Å²) < 4.78 is 0. The van der Waals surface area contributed by atoms with Crippen molar-refractivity contribution in [3.8, 4) is 0 Å². The van der Waals surface area contributed by atoms with Gasteiger partial charge in [-0.1, -0.05) is 18.2 Å². The molecule has 1 fully saturated rings. The lowest BCUT2D eigenvalue weighted by molar-refractivity contribution is -0.133. The second-order valence-electron chi connectivity index (χ2n) is 5.45. The lowest BCUT2D eigenvalue weighted by Crippen LogP contribution is -2.46. The van der Waals surface area contributed by atoms with Gasteiger partial charge in [-0.15, -0.1) is 0 Å². The molecule has 1 amide bonds. The highest BCUT2D eigenvalue weighted by Gasteiger charge is 2.22. The van der Waals surface area contributed by atoms with Crippen molar-refractivity contribution in [2.45, 2.75) is 38.8 Å². The summed E-state index contributed by atoms with van der Waals surface area (Å²) in [6, 6.07) is 6.56. The molecule has 5 heteroatoms. The maximum atomic E-state index is 12.3. The number of piperidine rings is 1. The first-order valence-electron chi connectivity index (χ1n) is 7.43. The molecule has 114 valence electrons. The van der Waals surface area contributed by atoms with Crippen LogP contribution in [-0.4, -0.2) is 41.0 Å². The van der Waals surface area contributed by atoms with Gasteiger partial charge < -0.3 is 15.3 Å². The predicted molar refractivity (Wildman–Crippen MR) is 80.1 cm³/mol. The molecular weight excluding hydrogens is 268 g/mol. The number of carboxylic acid groups (broad SMARTS) is 1. The molecule has 2 rings (SSSR count). The number of benzene rings is 1. The number of aromatic carboxylic acids is 1. The molecule has 0 bridgehead atoms. The zero-order chi connectivity index (χ0) is 15.2. The van der Waals surface area contributed by atoms with Crippen LogP contribution >= 0.6 is 0 Å². The molecule has 0 saturated carbocycles. The number of carboxylic acids is 1. The van der Waals surface area contributed by atoms with Gasteiger partial charge in [-0.3, -0.25) is 4.79 Å². The minimum absolute atomic E-state index is 0.0995. The molecule has 0 spiro atoms. The Bertz CT molecular complexity index is 510. The third-order valence-electron chi connectivity index (χ3n) is 3.88. The Morgan fingerprint density at radius 1 is 1.24 bits per heavy atom. The van der Waals surface area contributed by atoms with Crippen LogP contribution in [0.15, 0.2) is 24.3 Å². The molecule has 1 aromatic carbocycles. The van der Waals surface area contributed by atoms with Crippen LogP contribution in [0.3, 0.4) is 0 Å². The molecule has 21 heavy (non-hydrogen) atoms. The fourth-order valence-electron chi connectivity index (χ4n) is 2.62. The average molecular weight is 290 g/mol. The fourth-order valence-corrected chi connectivity index (χ4v) is 2.62. The lowest BCUT2D eigenvalue weighted by atomic mass is 10.1. The minimum Gasteiger partial charge on any atom is -0.478 e. The third-order valence-corrected chi connectivity index (χ3v) is 3.88. The van der Waals surface area contributed by atoms with Crippen LogP contribution in [0.1, 0.15) is 42.1 Å². The first kappa shape index (κ1) is 15.5. The summed E-state index contributed by atoms with van der Waals surface area (Å²) in [5, 5.41) is 12.3. The summed E-state index contributed by atoms with van der Waals surface area (Å²) in [4.78, 5) is 25.3. The predicted octanol–water partition coefficient (Wildman–Crippen LogP) is 1.88. The van der Waals surface area contributed by atoms with Crippen LogP contribution in [-0.2, 0) is 11.3 Å². The highest BCUT2D eigenvalue weighted by Crippen LogP contribution is 2.11. The summed E-state index contributed by atoms with van der Waals surface area (Å²) in [5.41, 5.74) is 0.978. The van der Waals surface area contributed by atoms with E-state index in [2.05, 4.69) is 5.32 Å². The van der Waals surface area contributed by atoms with E-state index in [1.807, 2.05) is 11.8 Å². The summed E-state index contributed by atoms with van der Waals surface area (Å²) >= 11 is 0. The SMILES string of the molecule is CC(NCc1ccccc1C(=O)O)C(=O)N1CCCCC1. The van der Waals surface area contributed by atoms with Gasteiger partial charge >= 0.3 is 5.97 Å². The number of likely N-dealkylation sites (tertiary alicyclic amines) is 1. The van der Waals surface area contributed by atoms with E-state index in [-0.39, 0.29) is 17.5 Å². The first-order chi connectivity index (χ1) is 10.1. The van der Waals surface area contributed by atoms with Gasteiger partial charge in [0.05, 0.1) is 11.6 Å². The Morgan fingerprint density at radius 3 is 2.57 bits per heavy atom. The molecule has 5 nitrogen and oxygen atoms in total. The van der Waals surface area contributed by atoms with E-state index in [4.69, 9.17) is 5.11 Å². The number of hydrogen-bond donors (Lipinski definition) is 2. The van der Waals surface area contributed by atoms with Crippen LogP contribution in [0.25, 0.3) is 0 Å². The van der Waals surface area contributed by atoms with Gasteiger partial charge in [-0.05, 0) is 37.8 Å². The van der Waals surface area contributed by atoms with E-state index in [0.717, 1.165) is 25.9 Å². The Balaban J connectivity index is 1.93. The van der Waals surface area contributed by atoms with Crippen molar-refractivity contribution in [1.82, 2.24) is 10.2 Å². The number of hydrogen-bond acceptors (Lipinski definition) is 3. The van der Waals surface area contributed by atoms with Gasteiger partial charge in [0.25, 0.3) is 0 Å². The highest BCUT2D eigenvalue weighted by atomic mass is 16.4. The number of nitrogens with zero attached hydrogens (tertiary/aromatic N) is 1. The van der Waals surface area contributed by atoms with Crippen LogP contribution < -0.4 is 5.32 Å². The zero-order valence-electron chi connectivity index (χ0n) is 12.3. The molecular formula is C16H22N2O3. The van der Waals surface area contributed by atoms with Crippen molar-refractivity contribution in [2.24, 2.45) is 0 Å². The quantitative estimate of drug-likeness (QED) is 0.868. The molecule has 1 aliphatic rings. The van der Waals surface area contributed by atoms with E-state index in [1.165, 1.54) is 6.42 Å². The van der Waals surface area contributed by atoms with E-state index < -0.39 is 5.97 Å². The van der Waals surface area contributed by atoms with Crippen molar-refractivity contribution in [3.63, 3.8) is 0 Å². The van der Waals surface area contributed by atoms with Crippen molar-refractivity contribution < 1.29 is 14.7 Å². The Kier molecular flexibility index (Phi) is 5.33. The average Bonchev–Trinajstić information content (AvgIpc) is 2.52. The van der Waals surface area contributed by atoms with Crippen LogP contribution in [0.4, 0.5) is 0 Å². The molecule has 1 saturated heterocycles. The topological polar surface area (TPSA) is 69.6 Å². The van der Waals surface area contributed by atoms with Crippen LogP contribution in [0.5, 0.6) is 0 Å². The molecule has 1 aliphatic heterocycles. The minimum atomic E-state index is -0.942. The largest absolute Gasteiger partial charge is 0.478 e. The molecule has 1 aromatic rings. The number of carbonyl (C=O) groups excluding carboxylic acids is 1. The van der Waals surface area contributed by atoms with Crippen LogP contribution in [0.2, 0.25) is 0 Å². The Morgan fingerprint density at radius 2 is 1.90 bits per heavy atom.